The number of para-hydroxylation sites is 1. The van der Waals surface area contributed by atoms with Gasteiger partial charge in [0.25, 0.3) is 5.92 Å². The molecule has 0 heterocycles. The first-order valence-electron chi connectivity index (χ1n) is 10.5. The summed E-state index contributed by atoms with van der Waals surface area (Å²) in [6.45, 7) is -0.715. The topological polar surface area (TPSA) is 76.0 Å². The van der Waals surface area contributed by atoms with Gasteiger partial charge in [-0.1, -0.05) is 30.4 Å². The van der Waals surface area contributed by atoms with Gasteiger partial charge in [0.05, 0.1) is 19.3 Å². The highest BCUT2D eigenvalue weighted by Gasteiger charge is 2.42. The number of rotatable bonds is 12. The molecule has 1 aromatic carbocycles. The molecule has 168 valence electrons. The van der Waals surface area contributed by atoms with E-state index in [-0.39, 0.29) is 30.6 Å². The molecule has 1 aromatic rings. The molecule has 0 unspecified atom stereocenters. The van der Waals surface area contributed by atoms with Crippen LogP contribution in [0.3, 0.4) is 0 Å². The fourth-order valence-electron chi connectivity index (χ4n) is 3.90. The zero-order chi connectivity index (χ0) is 22.0. The minimum absolute atomic E-state index is 0.115. The first-order chi connectivity index (χ1) is 14.3. The van der Waals surface area contributed by atoms with Gasteiger partial charge < -0.3 is 19.7 Å². The van der Waals surface area contributed by atoms with Crippen LogP contribution in [0.5, 0.6) is 5.75 Å². The predicted octanol–water partition coefficient (Wildman–Crippen LogP) is 4.13. The number of benzene rings is 1. The van der Waals surface area contributed by atoms with E-state index in [4.69, 9.17) is 4.74 Å². The van der Waals surface area contributed by atoms with E-state index in [1.807, 2.05) is 12.2 Å². The average Bonchev–Trinajstić information content (AvgIpc) is 3.00. The molecule has 0 spiro atoms. The molecule has 0 amide bonds. The summed E-state index contributed by atoms with van der Waals surface area (Å²) in [7, 11) is 1.35. The predicted molar refractivity (Wildman–Crippen MR) is 109 cm³/mol. The Kier molecular flexibility index (Phi) is 9.72. The van der Waals surface area contributed by atoms with Gasteiger partial charge in [0, 0.05) is 12.8 Å². The Labute approximate surface area is 176 Å². The van der Waals surface area contributed by atoms with E-state index < -0.39 is 31.2 Å². The Morgan fingerprint density at radius 1 is 1.17 bits per heavy atom. The van der Waals surface area contributed by atoms with Crippen molar-refractivity contribution in [2.24, 2.45) is 11.8 Å². The fourth-order valence-corrected chi connectivity index (χ4v) is 3.90. The number of halogens is 2. The molecule has 4 atom stereocenters. The average molecular weight is 427 g/mol. The highest BCUT2D eigenvalue weighted by molar-refractivity contribution is 5.69. The molecule has 30 heavy (non-hydrogen) atoms. The molecule has 0 saturated heterocycles. The van der Waals surface area contributed by atoms with E-state index in [0.717, 1.165) is 0 Å². The number of unbranched alkanes of at least 4 members (excludes halogenated alkanes) is 1. The minimum Gasteiger partial charge on any atom is -0.487 e. The summed E-state index contributed by atoms with van der Waals surface area (Å²) in [6.07, 6.45) is 4.43. The Hall–Kier alpha value is -1.99. The number of aliphatic hydroxyl groups excluding tert-OH is 2. The van der Waals surface area contributed by atoms with Crippen molar-refractivity contribution in [3.05, 3.63) is 42.5 Å². The van der Waals surface area contributed by atoms with Crippen molar-refractivity contribution < 1.29 is 33.3 Å². The Morgan fingerprint density at radius 2 is 1.87 bits per heavy atom. The molecule has 0 bridgehead atoms. The van der Waals surface area contributed by atoms with Crippen molar-refractivity contribution >= 4 is 5.97 Å². The van der Waals surface area contributed by atoms with E-state index in [9.17, 15) is 23.8 Å². The summed E-state index contributed by atoms with van der Waals surface area (Å²) in [6, 6.07) is 8.47. The van der Waals surface area contributed by atoms with Gasteiger partial charge in [0.15, 0.2) is 6.61 Å². The summed E-state index contributed by atoms with van der Waals surface area (Å²) in [4.78, 5) is 11.1. The van der Waals surface area contributed by atoms with Crippen molar-refractivity contribution in [1.82, 2.24) is 0 Å². The van der Waals surface area contributed by atoms with E-state index in [1.165, 1.54) is 7.11 Å². The van der Waals surface area contributed by atoms with Crippen LogP contribution in [-0.4, -0.2) is 48.0 Å². The second kappa shape index (κ2) is 12.0. The number of carbonyl (C=O) groups is 1. The zero-order valence-corrected chi connectivity index (χ0v) is 17.4. The van der Waals surface area contributed by atoms with Crippen LogP contribution in [0.25, 0.3) is 0 Å². The SMILES string of the molecule is COC(=O)CCC/C=C\C[C@@H]1[C@@H](CCC(F)(F)COc2ccccc2)[C@H](O)C[C@@H]1O. The second-order valence-corrected chi connectivity index (χ2v) is 7.87. The van der Waals surface area contributed by atoms with E-state index in [2.05, 4.69) is 4.74 Å². The van der Waals surface area contributed by atoms with Gasteiger partial charge in [-0.3, -0.25) is 4.79 Å². The molecule has 0 aromatic heterocycles. The second-order valence-electron chi connectivity index (χ2n) is 7.87. The van der Waals surface area contributed by atoms with Crippen molar-refractivity contribution in [3.63, 3.8) is 0 Å². The third kappa shape index (κ3) is 8.03. The molecule has 1 saturated carbocycles. The molecule has 2 rings (SSSR count). The third-order valence-corrected chi connectivity index (χ3v) is 5.61. The maximum atomic E-state index is 14.3. The summed E-state index contributed by atoms with van der Waals surface area (Å²) in [5.74, 6) is -3.53. The molecule has 0 radical (unpaired) electrons. The van der Waals surface area contributed by atoms with Gasteiger partial charge in [-0.05, 0) is 56.1 Å². The van der Waals surface area contributed by atoms with Crippen LogP contribution in [0.15, 0.2) is 42.5 Å². The number of hydrogen-bond donors (Lipinski definition) is 2. The Balaban J connectivity index is 1.79. The van der Waals surface area contributed by atoms with Crippen LogP contribution in [-0.2, 0) is 9.53 Å². The lowest BCUT2D eigenvalue weighted by Gasteiger charge is -2.25. The normalized spacial score (nSPS) is 24.3. The van der Waals surface area contributed by atoms with Gasteiger partial charge in [-0.15, -0.1) is 0 Å². The van der Waals surface area contributed by atoms with Crippen molar-refractivity contribution in [1.29, 1.82) is 0 Å². The molecule has 1 fully saturated rings. The highest BCUT2D eigenvalue weighted by atomic mass is 19.3. The third-order valence-electron chi connectivity index (χ3n) is 5.61. The minimum atomic E-state index is -3.02. The van der Waals surface area contributed by atoms with Crippen LogP contribution in [0.4, 0.5) is 8.78 Å². The van der Waals surface area contributed by atoms with E-state index in [1.54, 1.807) is 30.3 Å². The van der Waals surface area contributed by atoms with Crippen LogP contribution in [0.2, 0.25) is 0 Å². The molecule has 0 aliphatic heterocycles. The van der Waals surface area contributed by atoms with Crippen LogP contribution < -0.4 is 4.74 Å². The summed E-state index contributed by atoms with van der Waals surface area (Å²) in [5, 5.41) is 20.5. The van der Waals surface area contributed by atoms with Gasteiger partial charge >= 0.3 is 5.97 Å². The first kappa shape index (κ1) is 24.3. The lowest BCUT2D eigenvalue weighted by Crippen LogP contribution is -2.29. The standard InChI is InChI=1S/C23H32F2O5/c1-29-22(28)12-8-3-2-7-11-18-19(21(27)15-20(18)26)13-14-23(24,25)16-30-17-9-5-4-6-10-17/h2,4-7,9-10,18-21,26-27H,3,8,11-16H2,1H3/b7-2-/t18-,19-,20+,21-/m1/s1. The number of ether oxygens (including phenoxy) is 2. The smallest absolute Gasteiger partial charge is 0.305 e. The first-order valence-corrected chi connectivity index (χ1v) is 10.5. The molecule has 7 heteroatoms. The summed E-state index contributed by atoms with van der Waals surface area (Å²) in [5.41, 5.74) is 0. The quantitative estimate of drug-likeness (QED) is 0.299. The zero-order valence-electron chi connectivity index (χ0n) is 17.4. The van der Waals surface area contributed by atoms with Crippen LogP contribution >= 0.6 is 0 Å². The largest absolute Gasteiger partial charge is 0.487 e. The number of alkyl halides is 2. The van der Waals surface area contributed by atoms with Crippen molar-refractivity contribution in [2.75, 3.05) is 13.7 Å². The van der Waals surface area contributed by atoms with Crippen molar-refractivity contribution in [3.8, 4) is 5.75 Å². The molecule has 2 N–H and O–H groups in total. The molecule has 1 aliphatic carbocycles. The lowest BCUT2D eigenvalue weighted by atomic mass is 9.86. The Morgan fingerprint density at radius 3 is 2.57 bits per heavy atom. The number of esters is 1. The number of hydrogen-bond acceptors (Lipinski definition) is 5. The van der Waals surface area contributed by atoms with Gasteiger partial charge in [0.2, 0.25) is 0 Å². The van der Waals surface area contributed by atoms with E-state index in [0.29, 0.717) is 31.4 Å². The Bertz CT molecular complexity index is 665. The summed E-state index contributed by atoms with van der Waals surface area (Å²) >= 11 is 0. The van der Waals surface area contributed by atoms with E-state index >= 15 is 0 Å². The number of carbonyl (C=O) groups excluding carboxylic acids is 1. The fraction of sp³-hybridized carbons (Fsp3) is 0.609. The van der Waals surface area contributed by atoms with Gasteiger partial charge in [0.1, 0.15) is 5.75 Å². The maximum Gasteiger partial charge on any atom is 0.305 e. The summed E-state index contributed by atoms with van der Waals surface area (Å²) < 4.78 is 38.3. The van der Waals surface area contributed by atoms with Gasteiger partial charge in [-0.2, -0.15) is 0 Å². The molecular weight excluding hydrogens is 394 g/mol. The maximum absolute atomic E-state index is 14.3. The molecule has 1 aliphatic rings. The number of aliphatic hydroxyl groups is 2. The van der Waals surface area contributed by atoms with Crippen LogP contribution in [0.1, 0.15) is 44.9 Å². The van der Waals surface area contributed by atoms with Crippen molar-refractivity contribution in [2.45, 2.75) is 63.1 Å². The molecular formula is C23H32F2O5. The highest BCUT2D eigenvalue weighted by Crippen LogP contribution is 2.40. The lowest BCUT2D eigenvalue weighted by molar-refractivity contribution is -0.140. The monoisotopic (exact) mass is 426 g/mol. The molecule has 5 nitrogen and oxygen atoms in total. The number of allylic oxidation sites excluding steroid dienone is 2. The number of methoxy groups -OCH3 is 1. The van der Waals surface area contributed by atoms with Gasteiger partial charge in [-0.25, -0.2) is 8.78 Å². The van der Waals surface area contributed by atoms with Crippen LogP contribution in [0, 0.1) is 11.8 Å².